The average Bonchev–Trinajstić information content (AvgIpc) is 2.06. The Morgan fingerprint density at radius 3 is 2.91 bits per heavy atom. The highest BCUT2D eigenvalue weighted by Gasteiger charge is 2.13. The van der Waals surface area contributed by atoms with Gasteiger partial charge in [0.1, 0.15) is 0 Å². The molecule has 1 aliphatic heterocycles. The number of hydrogen-bond donors (Lipinski definition) is 1. The number of nitrogens with one attached hydrogen (secondary N) is 1. The molecule has 1 fully saturated rings. The Hall–Kier alpha value is -0.0800. The van der Waals surface area contributed by atoms with Crippen LogP contribution in [0.3, 0.4) is 0 Å². The summed E-state index contributed by atoms with van der Waals surface area (Å²) in [5.74, 6) is 0.897. The molecule has 0 saturated carbocycles. The van der Waals surface area contributed by atoms with Gasteiger partial charge in [-0.05, 0) is 45.4 Å². The molecule has 1 aliphatic rings. The van der Waals surface area contributed by atoms with Gasteiger partial charge < -0.3 is 10.2 Å². The lowest BCUT2D eigenvalue weighted by molar-refractivity contribution is 0.252. The Balaban J connectivity index is 2.13. The molecule has 0 amide bonds. The summed E-state index contributed by atoms with van der Waals surface area (Å²) in [6, 6.07) is 0. The highest BCUT2D eigenvalue weighted by molar-refractivity contribution is 4.71. The van der Waals surface area contributed by atoms with Crippen molar-refractivity contribution >= 4 is 0 Å². The summed E-state index contributed by atoms with van der Waals surface area (Å²) in [6.07, 6.45) is 2.78. The normalized spacial score (nSPS) is 25.9. The molecule has 0 unspecified atom stereocenters. The summed E-state index contributed by atoms with van der Waals surface area (Å²) in [4.78, 5) is 2.40. The molecule has 0 aromatic heterocycles. The van der Waals surface area contributed by atoms with Crippen LogP contribution in [-0.4, -0.2) is 38.1 Å². The number of nitrogens with zero attached hydrogens (tertiary/aromatic N) is 1. The molecule has 1 heterocycles. The van der Waals surface area contributed by atoms with Crippen LogP contribution in [0.2, 0.25) is 0 Å². The average molecular weight is 156 g/mol. The van der Waals surface area contributed by atoms with E-state index in [-0.39, 0.29) is 0 Å². The first-order valence-corrected chi connectivity index (χ1v) is 4.72. The van der Waals surface area contributed by atoms with E-state index in [1.54, 1.807) is 0 Å². The van der Waals surface area contributed by atoms with Crippen LogP contribution in [0.5, 0.6) is 0 Å². The number of piperidine rings is 1. The van der Waals surface area contributed by atoms with Crippen LogP contribution in [0.15, 0.2) is 0 Å². The van der Waals surface area contributed by atoms with Gasteiger partial charge in [0, 0.05) is 6.54 Å². The third kappa shape index (κ3) is 3.21. The van der Waals surface area contributed by atoms with Crippen LogP contribution in [0.4, 0.5) is 0 Å². The molecule has 0 radical (unpaired) electrons. The van der Waals surface area contributed by atoms with E-state index >= 15 is 0 Å². The van der Waals surface area contributed by atoms with E-state index in [1.807, 2.05) is 0 Å². The fraction of sp³-hybridized carbons (Fsp3) is 1.00. The molecule has 0 aromatic rings. The summed E-state index contributed by atoms with van der Waals surface area (Å²) in [7, 11) is 2.20. The first kappa shape index (κ1) is 9.01. The van der Waals surface area contributed by atoms with E-state index < -0.39 is 0 Å². The minimum absolute atomic E-state index is 0.897. The van der Waals surface area contributed by atoms with Crippen molar-refractivity contribution in [1.82, 2.24) is 10.2 Å². The molecule has 1 saturated heterocycles. The fourth-order valence-corrected chi connectivity index (χ4v) is 1.65. The van der Waals surface area contributed by atoms with Gasteiger partial charge in [-0.2, -0.15) is 0 Å². The van der Waals surface area contributed by atoms with Gasteiger partial charge in [-0.15, -0.1) is 0 Å². The molecular weight excluding hydrogens is 136 g/mol. The van der Waals surface area contributed by atoms with Crippen molar-refractivity contribution in [3.63, 3.8) is 0 Å². The molecule has 0 bridgehead atoms. The SMILES string of the molecule is CCN(C)C[C@H]1CCCNC1. The second-order valence-electron chi connectivity index (χ2n) is 3.57. The zero-order valence-corrected chi connectivity index (χ0v) is 7.77. The first-order valence-electron chi connectivity index (χ1n) is 4.72. The lowest BCUT2D eigenvalue weighted by Gasteiger charge is -2.26. The summed E-state index contributed by atoms with van der Waals surface area (Å²) < 4.78 is 0. The maximum Gasteiger partial charge on any atom is 0.00186 e. The molecule has 0 aliphatic carbocycles. The van der Waals surface area contributed by atoms with Crippen molar-refractivity contribution < 1.29 is 0 Å². The van der Waals surface area contributed by atoms with Gasteiger partial charge in [-0.25, -0.2) is 0 Å². The summed E-state index contributed by atoms with van der Waals surface area (Å²) >= 11 is 0. The van der Waals surface area contributed by atoms with E-state index in [2.05, 4.69) is 24.2 Å². The molecular formula is C9H20N2. The summed E-state index contributed by atoms with van der Waals surface area (Å²) in [5, 5.41) is 3.44. The molecule has 2 heteroatoms. The minimum atomic E-state index is 0.897. The van der Waals surface area contributed by atoms with Gasteiger partial charge in [0.25, 0.3) is 0 Å². The zero-order chi connectivity index (χ0) is 8.10. The molecule has 1 rings (SSSR count). The summed E-state index contributed by atoms with van der Waals surface area (Å²) in [6.45, 7) is 7.12. The largest absolute Gasteiger partial charge is 0.316 e. The molecule has 1 N–H and O–H groups in total. The third-order valence-electron chi connectivity index (χ3n) is 2.51. The Labute approximate surface area is 70.0 Å². The highest BCUT2D eigenvalue weighted by atomic mass is 15.1. The van der Waals surface area contributed by atoms with Gasteiger partial charge in [0.15, 0.2) is 0 Å². The zero-order valence-electron chi connectivity index (χ0n) is 7.77. The van der Waals surface area contributed by atoms with Gasteiger partial charge in [-0.3, -0.25) is 0 Å². The van der Waals surface area contributed by atoms with Gasteiger partial charge in [0.2, 0.25) is 0 Å². The number of rotatable bonds is 3. The predicted octanol–water partition coefficient (Wildman–Crippen LogP) is 0.938. The van der Waals surface area contributed by atoms with Gasteiger partial charge in [0.05, 0.1) is 0 Å². The van der Waals surface area contributed by atoms with Crippen molar-refractivity contribution in [2.45, 2.75) is 19.8 Å². The standard InChI is InChI=1S/C9H20N2/c1-3-11(2)8-9-5-4-6-10-7-9/h9-10H,3-8H2,1-2H3/t9-/m0/s1. The molecule has 11 heavy (non-hydrogen) atoms. The van der Waals surface area contributed by atoms with E-state index in [0.717, 1.165) is 5.92 Å². The maximum absolute atomic E-state index is 3.44. The van der Waals surface area contributed by atoms with Crippen LogP contribution in [0.1, 0.15) is 19.8 Å². The van der Waals surface area contributed by atoms with E-state index in [4.69, 9.17) is 0 Å². The smallest absolute Gasteiger partial charge is 0.00186 e. The monoisotopic (exact) mass is 156 g/mol. The highest BCUT2D eigenvalue weighted by Crippen LogP contribution is 2.10. The predicted molar refractivity (Wildman–Crippen MR) is 48.8 cm³/mol. The molecule has 66 valence electrons. The lowest BCUT2D eigenvalue weighted by Crippen LogP contribution is -2.36. The van der Waals surface area contributed by atoms with Crippen molar-refractivity contribution in [2.75, 3.05) is 33.2 Å². The Bertz CT molecular complexity index is 97.7. The Morgan fingerprint density at radius 2 is 2.36 bits per heavy atom. The van der Waals surface area contributed by atoms with Crippen LogP contribution < -0.4 is 5.32 Å². The number of hydrogen-bond acceptors (Lipinski definition) is 2. The van der Waals surface area contributed by atoms with Crippen molar-refractivity contribution in [2.24, 2.45) is 5.92 Å². The minimum Gasteiger partial charge on any atom is -0.316 e. The topological polar surface area (TPSA) is 15.3 Å². The molecule has 0 spiro atoms. The van der Waals surface area contributed by atoms with Crippen LogP contribution in [0.25, 0.3) is 0 Å². The van der Waals surface area contributed by atoms with Gasteiger partial charge >= 0.3 is 0 Å². The van der Waals surface area contributed by atoms with Crippen LogP contribution in [0, 0.1) is 5.92 Å². The fourth-order valence-electron chi connectivity index (χ4n) is 1.65. The van der Waals surface area contributed by atoms with Crippen LogP contribution >= 0.6 is 0 Å². The van der Waals surface area contributed by atoms with E-state index in [1.165, 1.54) is 39.0 Å². The van der Waals surface area contributed by atoms with E-state index in [0.29, 0.717) is 0 Å². The third-order valence-corrected chi connectivity index (χ3v) is 2.51. The van der Waals surface area contributed by atoms with Crippen molar-refractivity contribution in [1.29, 1.82) is 0 Å². The van der Waals surface area contributed by atoms with Crippen LogP contribution in [-0.2, 0) is 0 Å². The molecule has 1 atom stereocenters. The first-order chi connectivity index (χ1) is 5.33. The quantitative estimate of drug-likeness (QED) is 0.654. The second-order valence-corrected chi connectivity index (χ2v) is 3.57. The lowest BCUT2D eigenvalue weighted by atomic mass is 9.99. The second kappa shape index (κ2) is 4.73. The van der Waals surface area contributed by atoms with Gasteiger partial charge in [-0.1, -0.05) is 6.92 Å². The maximum atomic E-state index is 3.44. The molecule has 0 aromatic carbocycles. The van der Waals surface area contributed by atoms with E-state index in [9.17, 15) is 0 Å². The van der Waals surface area contributed by atoms with Crippen molar-refractivity contribution in [3.8, 4) is 0 Å². The Kier molecular flexibility index (Phi) is 3.87. The Morgan fingerprint density at radius 1 is 1.55 bits per heavy atom. The molecule has 2 nitrogen and oxygen atoms in total. The summed E-state index contributed by atoms with van der Waals surface area (Å²) in [5.41, 5.74) is 0. The van der Waals surface area contributed by atoms with Crippen molar-refractivity contribution in [3.05, 3.63) is 0 Å².